The largest absolute Gasteiger partial charge is 0.240 e. The third-order valence-electron chi connectivity index (χ3n) is 2.52. The Morgan fingerprint density at radius 3 is 2.42 bits per heavy atom. The van der Waals surface area contributed by atoms with Crippen molar-refractivity contribution in [3.05, 3.63) is 63.0 Å². The summed E-state index contributed by atoms with van der Waals surface area (Å²) in [6, 6.07) is 14.1. The minimum atomic E-state index is -3.50. The average molecular weight is 405 g/mol. The van der Waals surface area contributed by atoms with E-state index in [2.05, 4.69) is 36.6 Å². The second kappa shape index (κ2) is 6.17. The molecule has 2 aromatic carbocycles. The second-order valence-electron chi connectivity index (χ2n) is 3.87. The summed E-state index contributed by atoms with van der Waals surface area (Å²) in [5, 5.41) is 0. The topological polar surface area (TPSA) is 46.2 Å². The van der Waals surface area contributed by atoms with Gasteiger partial charge in [0.05, 0.1) is 4.90 Å². The average Bonchev–Trinajstić information content (AvgIpc) is 2.38. The summed E-state index contributed by atoms with van der Waals surface area (Å²) >= 11 is 6.65. The number of benzene rings is 2. The minimum absolute atomic E-state index is 0.244. The minimum Gasteiger partial charge on any atom is -0.207 e. The highest BCUT2D eigenvalue weighted by Gasteiger charge is 2.14. The molecule has 0 saturated carbocycles. The molecule has 0 aliphatic rings. The van der Waals surface area contributed by atoms with Crippen LogP contribution in [0.3, 0.4) is 0 Å². The smallest absolute Gasteiger partial charge is 0.207 e. The van der Waals surface area contributed by atoms with E-state index in [9.17, 15) is 8.42 Å². The first-order valence-electron chi connectivity index (χ1n) is 5.48. The number of sulfonamides is 1. The zero-order chi connectivity index (χ0) is 13.9. The van der Waals surface area contributed by atoms with Gasteiger partial charge in [0.25, 0.3) is 0 Å². The normalized spacial score (nSPS) is 11.5. The number of hydrogen-bond acceptors (Lipinski definition) is 2. The Bertz CT molecular complexity index is 687. The highest BCUT2D eigenvalue weighted by atomic mass is 79.9. The van der Waals surface area contributed by atoms with Crippen molar-refractivity contribution in [3.8, 4) is 0 Å². The number of nitrogens with one attached hydrogen (secondary N) is 1. The van der Waals surface area contributed by atoms with Crippen LogP contribution in [0.15, 0.2) is 62.4 Å². The standard InChI is InChI=1S/C13H11Br2NO2S/c14-11-5-3-6-12(8-11)19(17,18)16-9-10-4-1-2-7-13(10)15/h1-8,16H,9H2. The zero-order valence-electron chi connectivity index (χ0n) is 9.81. The molecule has 0 radical (unpaired) electrons. The second-order valence-corrected chi connectivity index (χ2v) is 7.41. The van der Waals surface area contributed by atoms with E-state index in [1.54, 1.807) is 24.3 Å². The van der Waals surface area contributed by atoms with Gasteiger partial charge in [0.2, 0.25) is 10.0 Å². The van der Waals surface area contributed by atoms with E-state index in [1.807, 2.05) is 24.3 Å². The summed E-state index contributed by atoms with van der Waals surface area (Å²) in [6.07, 6.45) is 0. The van der Waals surface area contributed by atoms with Crippen LogP contribution in [0.4, 0.5) is 0 Å². The van der Waals surface area contributed by atoms with Crippen molar-refractivity contribution in [2.24, 2.45) is 0 Å². The van der Waals surface area contributed by atoms with Gasteiger partial charge in [-0.1, -0.05) is 56.1 Å². The molecule has 0 bridgehead atoms. The Kier molecular flexibility index (Phi) is 4.78. The van der Waals surface area contributed by atoms with Crippen LogP contribution >= 0.6 is 31.9 Å². The van der Waals surface area contributed by atoms with Crippen LogP contribution in [0, 0.1) is 0 Å². The van der Waals surface area contributed by atoms with E-state index < -0.39 is 10.0 Å². The summed E-state index contributed by atoms with van der Waals surface area (Å²) in [6.45, 7) is 0.246. The first-order chi connectivity index (χ1) is 8.99. The van der Waals surface area contributed by atoms with Gasteiger partial charge < -0.3 is 0 Å². The molecule has 0 fully saturated rings. The summed E-state index contributed by atoms with van der Waals surface area (Å²) < 4.78 is 28.4. The molecule has 1 N–H and O–H groups in total. The molecule has 19 heavy (non-hydrogen) atoms. The molecular weight excluding hydrogens is 394 g/mol. The van der Waals surface area contributed by atoms with Gasteiger partial charge in [0, 0.05) is 15.5 Å². The van der Waals surface area contributed by atoms with Crippen molar-refractivity contribution in [1.82, 2.24) is 4.72 Å². The summed E-state index contributed by atoms with van der Waals surface area (Å²) in [4.78, 5) is 0.244. The zero-order valence-corrected chi connectivity index (χ0v) is 13.8. The molecule has 0 heterocycles. The Morgan fingerprint density at radius 1 is 1.00 bits per heavy atom. The SMILES string of the molecule is O=S(=O)(NCc1ccccc1Br)c1cccc(Br)c1. The van der Waals surface area contributed by atoms with Crippen molar-refractivity contribution in [2.45, 2.75) is 11.4 Å². The molecule has 0 atom stereocenters. The summed E-state index contributed by atoms with van der Waals surface area (Å²) in [7, 11) is -3.50. The van der Waals surface area contributed by atoms with Gasteiger partial charge in [0.1, 0.15) is 0 Å². The van der Waals surface area contributed by atoms with Crippen molar-refractivity contribution < 1.29 is 8.42 Å². The number of hydrogen-bond donors (Lipinski definition) is 1. The summed E-state index contributed by atoms with van der Waals surface area (Å²) in [5.41, 5.74) is 0.890. The lowest BCUT2D eigenvalue weighted by Crippen LogP contribution is -2.23. The Hall–Kier alpha value is -0.690. The van der Waals surface area contributed by atoms with Gasteiger partial charge in [-0.2, -0.15) is 0 Å². The van der Waals surface area contributed by atoms with E-state index in [-0.39, 0.29) is 11.4 Å². The van der Waals surface area contributed by atoms with Gasteiger partial charge in [-0.25, -0.2) is 13.1 Å². The lowest BCUT2D eigenvalue weighted by molar-refractivity contribution is 0.581. The Morgan fingerprint density at radius 2 is 1.74 bits per heavy atom. The quantitative estimate of drug-likeness (QED) is 0.844. The molecule has 100 valence electrons. The predicted octanol–water partition coefficient (Wildman–Crippen LogP) is 3.69. The molecular formula is C13H11Br2NO2S. The fourth-order valence-electron chi connectivity index (χ4n) is 1.53. The lowest BCUT2D eigenvalue weighted by atomic mass is 10.2. The highest BCUT2D eigenvalue weighted by Crippen LogP contribution is 2.18. The highest BCUT2D eigenvalue weighted by molar-refractivity contribution is 9.10. The molecule has 0 amide bonds. The molecule has 2 rings (SSSR count). The lowest BCUT2D eigenvalue weighted by Gasteiger charge is -2.08. The van der Waals surface area contributed by atoms with Gasteiger partial charge in [-0.3, -0.25) is 0 Å². The maximum Gasteiger partial charge on any atom is 0.240 e. The maximum atomic E-state index is 12.1. The van der Waals surface area contributed by atoms with Crippen molar-refractivity contribution in [3.63, 3.8) is 0 Å². The van der Waals surface area contributed by atoms with Crippen LogP contribution in [0.1, 0.15) is 5.56 Å². The Labute approximate surface area is 129 Å². The third kappa shape index (κ3) is 3.89. The molecule has 0 saturated heterocycles. The van der Waals surface area contributed by atoms with E-state index in [1.165, 1.54) is 0 Å². The van der Waals surface area contributed by atoms with Crippen LogP contribution in [0.5, 0.6) is 0 Å². The number of rotatable bonds is 4. The molecule has 0 spiro atoms. The molecule has 0 unspecified atom stereocenters. The van der Waals surface area contributed by atoms with E-state index in [4.69, 9.17) is 0 Å². The fourth-order valence-corrected chi connectivity index (χ4v) is 3.56. The molecule has 0 aliphatic heterocycles. The molecule has 6 heteroatoms. The first kappa shape index (κ1) is 14.7. The van der Waals surface area contributed by atoms with Crippen molar-refractivity contribution in [2.75, 3.05) is 0 Å². The molecule has 0 aliphatic carbocycles. The molecule has 3 nitrogen and oxygen atoms in total. The fraction of sp³-hybridized carbons (Fsp3) is 0.0769. The van der Waals surface area contributed by atoms with Gasteiger partial charge in [-0.05, 0) is 29.8 Å². The van der Waals surface area contributed by atoms with Crippen LogP contribution in [-0.2, 0) is 16.6 Å². The van der Waals surface area contributed by atoms with Crippen LogP contribution in [0.2, 0.25) is 0 Å². The van der Waals surface area contributed by atoms with E-state index in [0.717, 1.165) is 14.5 Å². The third-order valence-corrected chi connectivity index (χ3v) is 5.18. The van der Waals surface area contributed by atoms with Gasteiger partial charge in [0.15, 0.2) is 0 Å². The van der Waals surface area contributed by atoms with Crippen LogP contribution in [0.25, 0.3) is 0 Å². The Balaban J connectivity index is 2.17. The van der Waals surface area contributed by atoms with Crippen LogP contribution in [-0.4, -0.2) is 8.42 Å². The van der Waals surface area contributed by atoms with E-state index >= 15 is 0 Å². The predicted molar refractivity (Wildman–Crippen MR) is 82.3 cm³/mol. The van der Waals surface area contributed by atoms with Crippen molar-refractivity contribution >= 4 is 41.9 Å². The molecule has 2 aromatic rings. The monoisotopic (exact) mass is 403 g/mol. The maximum absolute atomic E-state index is 12.1. The van der Waals surface area contributed by atoms with E-state index in [0.29, 0.717) is 0 Å². The van der Waals surface area contributed by atoms with Gasteiger partial charge in [-0.15, -0.1) is 0 Å². The summed E-state index contributed by atoms with van der Waals surface area (Å²) in [5.74, 6) is 0. The van der Waals surface area contributed by atoms with Crippen molar-refractivity contribution in [1.29, 1.82) is 0 Å². The number of halogens is 2. The first-order valence-corrected chi connectivity index (χ1v) is 8.54. The molecule has 0 aromatic heterocycles. The van der Waals surface area contributed by atoms with Crippen LogP contribution < -0.4 is 4.72 Å². The van der Waals surface area contributed by atoms with Gasteiger partial charge >= 0.3 is 0 Å².